The Hall–Kier alpha value is -1.91. The van der Waals surface area contributed by atoms with Crippen LogP contribution in [0.4, 0.5) is 0 Å². The largest absolute Gasteiger partial charge is 0.492 e. The zero-order valence-corrected chi connectivity index (χ0v) is 12.6. The maximum absolute atomic E-state index is 5.75. The van der Waals surface area contributed by atoms with Gasteiger partial charge in [-0.25, -0.2) is 0 Å². The molecule has 3 aromatic rings. The molecule has 0 radical (unpaired) electrons. The van der Waals surface area contributed by atoms with Crippen molar-refractivity contribution in [3.8, 4) is 5.75 Å². The first kappa shape index (κ1) is 14.0. The van der Waals surface area contributed by atoms with Crippen LogP contribution in [0.2, 0.25) is 0 Å². The van der Waals surface area contributed by atoms with E-state index in [1.54, 1.807) is 17.5 Å². The molecule has 1 N–H and O–H groups in total. The van der Waals surface area contributed by atoms with Gasteiger partial charge < -0.3 is 10.1 Å². The number of thiophene rings is 1. The van der Waals surface area contributed by atoms with Gasteiger partial charge in [-0.15, -0.1) is 11.3 Å². The second-order valence-electron chi connectivity index (χ2n) is 4.79. The smallest absolute Gasteiger partial charge is 0.121 e. The quantitative estimate of drug-likeness (QED) is 0.678. The van der Waals surface area contributed by atoms with Crippen molar-refractivity contribution >= 4 is 22.2 Å². The highest BCUT2D eigenvalue weighted by Crippen LogP contribution is 2.18. The highest BCUT2D eigenvalue weighted by Gasteiger charge is 1.98. The van der Waals surface area contributed by atoms with E-state index in [-0.39, 0.29) is 0 Å². The van der Waals surface area contributed by atoms with E-state index in [1.165, 1.54) is 4.88 Å². The van der Waals surface area contributed by atoms with Crippen LogP contribution >= 0.6 is 11.3 Å². The normalized spacial score (nSPS) is 10.9. The van der Waals surface area contributed by atoms with E-state index in [4.69, 9.17) is 4.74 Å². The van der Waals surface area contributed by atoms with Gasteiger partial charge in [0.1, 0.15) is 12.4 Å². The van der Waals surface area contributed by atoms with Crippen molar-refractivity contribution in [2.24, 2.45) is 0 Å². The van der Waals surface area contributed by atoms with Gasteiger partial charge in [0.2, 0.25) is 0 Å². The third kappa shape index (κ3) is 4.03. The number of hydrogen-bond donors (Lipinski definition) is 1. The molecule has 108 valence electrons. The fourth-order valence-electron chi connectivity index (χ4n) is 2.17. The number of rotatable bonds is 7. The summed E-state index contributed by atoms with van der Waals surface area (Å²) in [4.78, 5) is 5.75. The molecule has 0 saturated carbocycles. The number of fused-ring (bicyclic) bond motifs is 1. The Bertz CT molecular complexity index is 682. The van der Waals surface area contributed by atoms with Crippen molar-refractivity contribution in [1.29, 1.82) is 0 Å². The summed E-state index contributed by atoms with van der Waals surface area (Å²) in [7, 11) is 0. The number of aromatic nitrogens is 1. The Morgan fingerprint density at radius 1 is 1.10 bits per heavy atom. The van der Waals surface area contributed by atoms with Crippen LogP contribution in [0, 0.1) is 0 Å². The highest BCUT2D eigenvalue weighted by molar-refractivity contribution is 7.09. The SMILES string of the molecule is c1csc(CCNCCOc2ccc3cccnc3c2)c1. The lowest BCUT2D eigenvalue weighted by Crippen LogP contribution is -2.23. The van der Waals surface area contributed by atoms with E-state index in [2.05, 4.69) is 33.9 Å². The Balaban J connectivity index is 1.40. The minimum absolute atomic E-state index is 0.669. The van der Waals surface area contributed by atoms with Crippen molar-refractivity contribution in [2.45, 2.75) is 6.42 Å². The molecular weight excluding hydrogens is 280 g/mol. The lowest BCUT2D eigenvalue weighted by molar-refractivity contribution is 0.315. The third-order valence-corrected chi connectivity index (χ3v) is 4.19. The number of ether oxygens (including phenoxy) is 1. The van der Waals surface area contributed by atoms with Crippen LogP contribution in [-0.2, 0) is 6.42 Å². The van der Waals surface area contributed by atoms with Crippen LogP contribution in [-0.4, -0.2) is 24.7 Å². The second-order valence-corrected chi connectivity index (χ2v) is 5.82. The minimum Gasteiger partial charge on any atom is -0.492 e. The van der Waals surface area contributed by atoms with Gasteiger partial charge in [0, 0.05) is 35.6 Å². The molecule has 0 atom stereocenters. The van der Waals surface area contributed by atoms with Crippen molar-refractivity contribution in [2.75, 3.05) is 19.7 Å². The third-order valence-electron chi connectivity index (χ3n) is 3.25. The molecule has 3 nitrogen and oxygen atoms in total. The van der Waals surface area contributed by atoms with E-state index in [9.17, 15) is 0 Å². The van der Waals surface area contributed by atoms with Crippen LogP contribution < -0.4 is 10.1 Å². The molecule has 4 heteroatoms. The predicted molar refractivity (Wildman–Crippen MR) is 88.1 cm³/mol. The van der Waals surface area contributed by atoms with Crippen LogP contribution in [0.5, 0.6) is 5.75 Å². The van der Waals surface area contributed by atoms with E-state index in [1.807, 2.05) is 24.3 Å². The molecule has 3 rings (SSSR count). The topological polar surface area (TPSA) is 34.1 Å². The van der Waals surface area contributed by atoms with E-state index >= 15 is 0 Å². The number of nitrogens with zero attached hydrogens (tertiary/aromatic N) is 1. The molecule has 21 heavy (non-hydrogen) atoms. The van der Waals surface area contributed by atoms with Crippen LogP contribution in [0.1, 0.15) is 4.88 Å². The van der Waals surface area contributed by atoms with Crippen molar-refractivity contribution in [1.82, 2.24) is 10.3 Å². The number of hydrogen-bond acceptors (Lipinski definition) is 4. The average Bonchev–Trinajstić information content (AvgIpc) is 3.04. The molecule has 0 unspecified atom stereocenters. The molecule has 1 aromatic carbocycles. The summed E-state index contributed by atoms with van der Waals surface area (Å²) in [5.74, 6) is 0.876. The first-order valence-corrected chi connectivity index (χ1v) is 8.00. The van der Waals surface area contributed by atoms with Gasteiger partial charge in [0.05, 0.1) is 5.52 Å². The molecule has 0 aliphatic carbocycles. The first-order chi connectivity index (χ1) is 10.4. The minimum atomic E-state index is 0.669. The average molecular weight is 298 g/mol. The Labute approximate surface area is 128 Å². The standard InChI is InChI=1S/C17H18N2OS/c1-3-14-5-6-15(13-17(14)19-8-1)20-11-10-18-9-7-16-4-2-12-21-16/h1-6,8,12-13,18H,7,9-11H2. The lowest BCUT2D eigenvalue weighted by atomic mass is 10.2. The molecule has 0 amide bonds. The predicted octanol–water partition coefficient (Wildman–Crippen LogP) is 3.51. The van der Waals surface area contributed by atoms with E-state index in [0.29, 0.717) is 6.61 Å². The van der Waals surface area contributed by atoms with Gasteiger partial charge in [-0.2, -0.15) is 0 Å². The van der Waals surface area contributed by atoms with E-state index in [0.717, 1.165) is 36.2 Å². The molecule has 2 heterocycles. The van der Waals surface area contributed by atoms with Gasteiger partial charge in [-0.1, -0.05) is 12.1 Å². The fraction of sp³-hybridized carbons (Fsp3) is 0.235. The molecule has 0 aliphatic rings. The molecule has 0 bridgehead atoms. The zero-order chi connectivity index (χ0) is 14.3. The number of benzene rings is 1. The summed E-state index contributed by atoms with van der Waals surface area (Å²) in [6, 6.07) is 14.3. The lowest BCUT2D eigenvalue weighted by Gasteiger charge is -2.08. The Morgan fingerprint density at radius 3 is 3.00 bits per heavy atom. The molecule has 0 fully saturated rings. The molecular formula is C17H18N2OS. The van der Waals surface area contributed by atoms with Gasteiger partial charge in [-0.3, -0.25) is 4.98 Å². The molecule has 2 aromatic heterocycles. The number of nitrogens with one attached hydrogen (secondary N) is 1. The summed E-state index contributed by atoms with van der Waals surface area (Å²) in [5, 5.41) is 6.65. The maximum Gasteiger partial charge on any atom is 0.121 e. The van der Waals surface area contributed by atoms with Crippen LogP contribution in [0.15, 0.2) is 54.0 Å². The summed E-state index contributed by atoms with van der Waals surface area (Å²) < 4.78 is 5.75. The maximum atomic E-state index is 5.75. The zero-order valence-electron chi connectivity index (χ0n) is 11.8. The first-order valence-electron chi connectivity index (χ1n) is 7.12. The summed E-state index contributed by atoms with van der Waals surface area (Å²) in [6.07, 6.45) is 2.88. The van der Waals surface area contributed by atoms with Crippen molar-refractivity contribution in [3.63, 3.8) is 0 Å². The monoisotopic (exact) mass is 298 g/mol. The summed E-state index contributed by atoms with van der Waals surface area (Å²) in [5.41, 5.74) is 0.973. The van der Waals surface area contributed by atoms with Gasteiger partial charge in [-0.05, 0) is 36.1 Å². The molecule has 0 spiro atoms. The second kappa shape index (κ2) is 7.20. The van der Waals surface area contributed by atoms with Crippen LogP contribution in [0.3, 0.4) is 0 Å². The van der Waals surface area contributed by atoms with E-state index < -0.39 is 0 Å². The van der Waals surface area contributed by atoms with Crippen molar-refractivity contribution in [3.05, 3.63) is 58.9 Å². The Morgan fingerprint density at radius 2 is 2.10 bits per heavy atom. The highest BCUT2D eigenvalue weighted by atomic mass is 32.1. The van der Waals surface area contributed by atoms with Crippen LogP contribution in [0.25, 0.3) is 10.9 Å². The summed E-state index contributed by atoms with van der Waals surface area (Å²) >= 11 is 1.81. The molecule has 0 aliphatic heterocycles. The van der Waals surface area contributed by atoms with Gasteiger partial charge in [0.15, 0.2) is 0 Å². The fourth-order valence-corrected chi connectivity index (χ4v) is 2.88. The van der Waals surface area contributed by atoms with Gasteiger partial charge >= 0.3 is 0 Å². The molecule has 0 saturated heterocycles. The summed E-state index contributed by atoms with van der Waals surface area (Å²) in [6.45, 7) is 2.51. The Kier molecular flexibility index (Phi) is 4.82. The number of pyridine rings is 1. The van der Waals surface area contributed by atoms with Crippen molar-refractivity contribution < 1.29 is 4.74 Å². The van der Waals surface area contributed by atoms with Gasteiger partial charge in [0.25, 0.3) is 0 Å².